The van der Waals surface area contributed by atoms with Crippen molar-refractivity contribution in [2.45, 2.75) is 65.2 Å². The van der Waals surface area contributed by atoms with Crippen molar-refractivity contribution >= 4 is 5.97 Å². The van der Waals surface area contributed by atoms with Crippen molar-refractivity contribution in [1.29, 1.82) is 5.26 Å². The molecule has 0 aliphatic heterocycles. The highest BCUT2D eigenvalue weighted by Crippen LogP contribution is 2.23. The smallest absolute Gasteiger partial charge is 0.311 e. The summed E-state index contributed by atoms with van der Waals surface area (Å²) in [6.45, 7) is 8.17. The van der Waals surface area contributed by atoms with Gasteiger partial charge >= 0.3 is 5.97 Å². The molecule has 1 rings (SSSR count). The third kappa shape index (κ3) is 8.49. The van der Waals surface area contributed by atoms with E-state index in [0.717, 1.165) is 44.6 Å². The van der Waals surface area contributed by atoms with Gasteiger partial charge in [0.05, 0.1) is 5.56 Å². The van der Waals surface area contributed by atoms with Gasteiger partial charge in [0, 0.05) is 12.5 Å². The molecule has 0 amide bonds. The van der Waals surface area contributed by atoms with E-state index in [9.17, 15) is 9.18 Å². The largest absolute Gasteiger partial charge is 0.426 e. The van der Waals surface area contributed by atoms with E-state index in [1.54, 1.807) is 6.07 Å². The standard InChI is InChI=1S/C21H28FNO2/c1-4-7-17(9-5-8-16(2)3)10-6-11-21(24)25-19-13-12-18(15-23)20(22)14-19/h12-14,17H,2,4-11H2,1,3H3. The Labute approximate surface area is 150 Å². The molecule has 0 N–H and O–H groups in total. The van der Waals surface area contributed by atoms with Gasteiger partial charge < -0.3 is 4.74 Å². The highest BCUT2D eigenvalue weighted by molar-refractivity contribution is 5.72. The number of allylic oxidation sites excluding steroid dienone is 1. The Balaban J connectivity index is 2.37. The number of hydrogen-bond acceptors (Lipinski definition) is 3. The fourth-order valence-corrected chi connectivity index (χ4v) is 2.90. The molecule has 0 saturated heterocycles. The summed E-state index contributed by atoms with van der Waals surface area (Å²) in [4.78, 5) is 11.9. The van der Waals surface area contributed by atoms with Gasteiger partial charge in [0.2, 0.25) is 0 Å². The molecule has 3 nitrogen and oxygen atoms in total. The maximum absolute atomic E-state index is 13.5. The van der Waals surface area contributed by atoms with Gasteiger partial charge in [-0.15, -0.1) is 6.58 Å². The molecule has 0 saturated carbocycles. The summed E-state index contributed by atoms with van der Waals surface area (Å²) in [5, 5.41) is 8.69. The van der Waals surface area contributed by atoms with Crippen molar-refractivity contribution in [2.75, 3.05) is 0 Å². The maximum Gasteiger partial charge on any atom is 0.311 e. The minimum atomic E-state index is -0.673. The lowest BCUT2D eigenvalue weighted by Crippen LogP contribution is -2.09. The Morgan fingerprint density at radius 1 is 1.28 bits per heavy atom. The molecule has 4 heteroatoms. The molecule has 0 fully saturated rings. The van der Waals surface area contributed by atoms with E-state index in [2.05, 4.69) is 20.4 Å². The van der Waals surface area contributed by atoms with Crippen molar-refractivity contribution in [3.63, 3.8) is 0 Å². The average molecular weight is 345 g/mol. The highest BCUT2D eigenvalue weighted by Gasteiger charge is 2.11. The molecule has 0 bridgehead atoms. The molecule has 1 unspecified atom stereocenters. The number of esters is 1. The zero-order valence-corrected chi connectivity index (χ0v) is 15.3. The van der Waals surface area contributed by atoms with Crippen molar-refractivity contribution < 1.29 is 13.9 Å². The summed E-state index contributed by atoms with van der Waals surface area (Å²) in [5.41, 5.74) is 1.16. The van der Waals surface area contributed by atoms with Gasteiger partial charge in [-0.05, 0) is 50.7 Å². The van der Waals surface area contributed by atoms with Crippen LogP contribution in [0, 0.1) is 23.1 Å². The summed E-state index contributed by atoms with van der Waals surface area (Å²) >= 11 is 0. The topological polar surface area (TPSA) is 50.1 Å². The zero-order chi connectivity index (χ0) is 18.7. The summed E-state index contributed by atoms with van der Waals surface area (Å²) in [6.07, 6.45) is 7.79. The van der Waals surface area contributed by atoms with Gasteiger partial charge in [-0.25, -0.2) is 4.39 Å². The molecule has 0 aliphatic carbocycles. The minimum Gasteiger partial charge on any atom is -0.426 e. The number of halogens is 1. The molecule has 0 aromatic heterocycles. The second-order valence-electron chi connectivity index (χ2n) is 6.62. The fourth-order valence-electron chi connectivity index (χ4n) is 2.90. The lowest BCUT2D eigenvalue weighted by Gasteiger charge is -2.15. The van der Waals surface area contributed by atoms with Crippen LogP contribution < -0.4 is 4.74 Å². The Kier molecular flexibility index (Phi) is 9.54. The van der Waals surface area contributed by atoms with E-state index in [1.807, 2.05) is 0 Å². The van der Waals surface area contributed by atoms with E-state index in [4.69, 9.17) is 10.00 Å². The van der Waals surface area contributed by atoms with Crippen LogP contribution in [0.4, 0.5) is 4.39 Å². The first-order valence-corrected chi connectivity index (χ1v) is 9.01. The lowest BCUT2D eigenvalue weighted by molar-refractivity contribution is -0.134. The van der Waals surface area contributed by atoms with Crippen molar-refractivity contribution in [3.8, 4) is 11.8 Å². The first-order valence-electron chi connectivity index (χ1n) is 9.01. The van der Waals surface area contributed by atoms with E-state index in [1.165, 1.54) is 24.1 Å². The molecule has 0 radical (unpaired) electrons. The van der Waals surface area contributed by atoms with Crippen LogP contribution in [-0.4, -0.2) is 5.97 Å². The molecule has 1 aromatic carbocycles. The van der Waals surface area contributed by atoms with Gasteiger partial charge in [-0.2, -0.15) is 5.26 Å². The first kappa shape index (κ1) is 20.9. The Morgan fingerprint density at radius 3 is 2.52 bits per heavy atom. The third-order valence-electron chi connectivity index (χ3n) is 4.20. The molecule has 136 valence electrons. The monoisotopic (exact) mass is 345 g/mol. The molecule has 1 atom stereocenters. The number of hydrogen-bond donors (Lipinski definition) is 0. The van der Waals surface area contributed by atoms with Gasteiger partial charge in [0.25, 0.3) is 0 Å². The number of carbonyl (C=O) groups is 1. The van der Waals surface area contributed by atoms with Gasteiger partial charge in [0.15, 0.2) is 0 Å². The van der Waals surface area contributed by atoms with E-state index >= 15 is 0 Å². The van der Waals surface area contributed by atoms with Gasteiger partial charge in [-0.1, -0.05) is 31.8 Å². The van der Waals surface area contributed by atoms with Gasteiger partial charge in [-0.3, -0.25) is 4.79 Å². The van der Waals surface area contributed by atoms with Crippen LogP contribution in [0.1, 0.15) is 70.8 Å². The Morgan fingerprint density at radius 2 is 1.96 bits per heavy atom. The number of benzene rings is 1. The molecule has 25 heavy (non-hydrogen) atoms. The van der Waals surface area contributed by atoms with Crippen LogP contribution in [0.2, 0.25) is 0 Å². The fraction of sp³-hybridized carbons (Fsp3) is 0.524. The number of ether oxygens (including phenoxy) is 1. The molecule has 1 aromatic rings. The SMILES string of the molecule is C=C(C)CCCC(CCC)CCCC(=O)Oc1ccc(C#N)c(F)c1. The molecule has 0 heterocycles. The normalized spacial score (nSPS) is 11.6. The van der Waals surface area contributed by atoms with E-state index in [0.29, 0.717) is 12.3 Å². The molecular formula is C21H28FNO2. The first-order chi connectivity index (χ1) is 12.0. The number of rotatable bonds is 11. The lowest BCUT2D eigenvalue weighted by atomic mass is 9.91. The zero-order valence-electron chi connectivity index (χ0n) is 15.3. The Hall–Kier alpha value is -2.15. The Bertz CT molecular complexity index is 619. The van der Waals surface area contributed by atoms with Crippen molar-refractivity contribution in [2.24, 2.45) is 5.92 Å². The van der Waals surface area contributed by atoms with Crippen LogP contribution in [0.3, 0.4) is 0 Å². The number of carbonyl (C=O) groups excluding carboxylic acids is 1. The van der Waals surface area contributed by atoms with Crippen LogP contribution in [0.15, 0.2) is 30.4 Å². The molecule has 0 aliphatic rings. The third-order valence-corrected chi connectivity index (χ3v) is 4.20. The molecular weight excluding hydrogens is 317 g/mol. The summed E-state index contributed by atoms with van der Waals surface area (Å²) in [6, 6.07) is 5.57. The average Bonchev–Trinajstić information content (AvgIpc) is 2.54. The van der Waals surface area contributed by atoms with Crippen LogP contribution in [0.25, 0.3) is 0 Å². The van der Waals surface area contributed by atoms with Crippen LogP contribution in [-0.2, 0) is 4.79 Å². The van der Waals surface area contributed by atoms with Crippen LogP contribution >= 0.6 is 0 Å². The van der Waals surface area contributed by atoms with Crippen molar-refractivity contribution in [1.82, 2.24) is 0 Å². The van der Waals surface area contributed by atoms with Crippen molar-refractivity contribution in [3.05, 3.63) is 41.7 Å². The second kappa shape index (κ2) is 11.4. The predicted octanol–water partition coefficient (Wildman–Crippen LogP) is 5.94. The summed E-state index contributed by atoms with van der Waals surface area (Å²) < 4.78 is 18.6. The van der Waals surface area contributed by atoms with E-state index in [-0.39, 0.29) is 17.3 Å². The predicted molar refractivity (Wildman–Crippen MR) is 97.7 cm³/mol. The second-order valence-corrected chi connectivity index (χ2v) is 6.62. The number of nitrogens with zero attached hydrogens (tertiary/aromatic N) is 1. The highest BCUT2D eigenvalue weighted by atomic mass is 19.1. The summed E-state index contributed by atoms with van der Waals surface area (Å²) in [7, 11) is 0. The van der Waals surface area contributed by atoms with E-state index < -0.39 is 5.82 Å². The number of nitriles is 1. The summed E-state index contributed by atoms with van der Waals surface area (Å²) in [5.74, 6) is -0.257. The van der Waals surface area contributed by atoms with Gasteiger partial charge in [0.1, 0.15) is 17.6 Å². The quantitative estimate of drug-likeness (QED) is 0.283. The van der Waals surface area contributed by atoms with Crippen LogP contribution in [0.5, 0.6) is 5.75 Å². The minimum absolute atomic E-state index is 0.0584. The maximum atomic E-state index is 13.5. The molecule has 0 spiro atoms.